The Morgan fingerprint density at radius 3 is 2.67 bits per heavy atom. The van der Waals surface area contributed by atoms with Crippen molar-refractivity contribution in [2.45, 2.75) is 24.5 Å². The molecule has 1 aromatic rings. The molecule has 0 fully saturated rings. The third kappa shape index (κ3) is 5.82. The fraction of sp³-hybridized carbons (Fsp3) is 0.500. The van der Waals surface area contributed by atoms with Gasteiger partial charge in [0.15, 0.2) is 6.29 Å². The van der Waals surface area contributed by atoms with E-state index in [1.807, 2.05) is 24.8 Å². The Morgan fingerprint density at radius 2 is 2.00 bits per heavy atom. The predicted molar refractivity (Wildman–Crippen MR) is 64.2 cm³/mol. The molecule has 0 aliphatic carbocycles. The largest absolute Gasteiger partial charge is 0.356 e. The van der Waals surface area contributed by atoms with Crippen LogP contribution in [0.5, 0.6) is 0 Å². The zero-order valence-corrected chi connectivity index (χ0v) is 10.1. The highest BCUT2D eigenvalue weighted by molar-refractivity contribution is 7.99. The SMILES string of the molecule is COC(C)OCCCSc1ccccc1. The standard InChI is InChI=1S/C12H18O2S/c1-11(13-2)14-9-6-10-15-12-7-4-3-5-8-12/h3-5,7-8,11H,6,9-10H2,1-2H3. The highest BCUT2D eigenvalue weighted by Gasteiger charge is 1.98. The van der Waals surface area contributed by atoms with Gasteiger partial charge in [-0.2, -0.15) is 0 Å². The molecule has 0 amide bonds. The average Bonchev–Trinajstić information content (AvgIpc) is 2.29. The summed E-state index contributed by atoms with van der Waals surface area (Å²) in [6.45, 7) is 2.67. The van der Waals surface area contributed by atoms with Crippen molar-refractivity contribution in [1.29, 1.82) is 0 Å². The van der Waals surface area contributed by atoms with Crippen LogP contribution in [-0.4, -0.2) is 25.8 Å². The number of rotatable bonds is 7. The minimum absolute atomic E-state index is 0.0910. The first-order valence-corrected chi connectivity index (χ1v) is 6.13. The summed E-state index contributed by atoms with van der Waals surface area (Å²) >= 11 is 1.86. The Labute approximate surface area is 96.0 Å². The molecule has 0 saturated carbocycles. The molecule has 0 saturated heterocycles. The third-order valence-electron chi connectivity index (χ3n) is 1.99. The molecule has 0 spiro atoms. The molecule has 1 aromatic carbocycles. The van der Waals surface area contributed by atoms with E-state index < -0.39 is 0 Å². The number of ether oxygens (including phenoxy) is 2. The van der Waals surface area contributed by atoms with Gasteiger partial charge in [-0.05, 0) is 25.5 Å². The lowest BCUT2D eigenvalue weighted by atomic mass is 10.4. The summed E-state index contributed by atoms with van der Waals surface area (Å²) in [4.78, 5) is 1.32. The summed E-state index contributed by atoms with van der Waals surface area (Å²) in [7, 11) is 1.66. The molecule has 0 aliphatic heterocycles. The van der Waals surface area contributed by atoms with E-state index in [1.165, 1.54) is 4.90 Å². The molecule has 0 radical (unpaired) electrons. The molecule has 0 heterocycles. The second kappa shape index (κ2) is 7.74. The molecule has 15 heavy (non-hydrogen) atoms. The van der Waals surface area contributed by atoms with E-state index in [1.54, 1.807) is 7.11 Å². The molecule has 1 unspecified atom stereocenters. The maximum Gasteiger partial charge on any atom is 0.154 e. The van der Waals surface area contributed by atoms with Crippen molar-refractivity contribution >= 4 is 11.8 Å². The highest BCUT2D eigenvalue weighted by Crippen LogP contribution is 2.17. The quantitative estimate of drug-likeness (QED) is 0.404. The van der Waals surface area contributed by atoms with Crippen molar-refractivity contribution < 1.29 is 9.47 Å². The van der Waals surface area contributed by atoms with E-state index >= 15 is 0 Å². The van der Waals surface area contributed by atoms with E-state index in [-0.39, 0.29) is 6.29 Å². The van der Waals surface area contributed by atoms with Gasteiger partial charge in [0.2, 0.25) is 0 Å². The maximum absolute atomic E-state index is 5.39. The van der Waals surface area contributed by atoms with Crippen LogP contribution in [0.25, 0.3) is 0 Å². The minimum atomic E-state index is -0.0910. The zero-order chi connectivity index (χ0) is 10.9. The van der Waals surface area contributed by atoms with Crippen molar-refractivity contribution in [3.8, 4) is 0 Å². The van der Waals surface area contributed by atoms with E-state index in [4.69, 9.17) is 9.47 Å². The van der Waals surface area contributed by atoms with Crippen molar-refractivity contribution in [2.75, 3.05) is 19.5 Å². The van der Waals surface area contributed by atoms with Crippen LogP contribution in [0.2, 0.25) is 0 Å². The van der Waals surface area contributed by atoms with Crippen LogP contribution in [0.4, 0.5) is 0 Å². The third-order valence-corrected chi connectivity index (χ3v) is 3.08. The van der Waals surface area contributed by atoms with E-state index in [0.29, 0.717) is 0 Å². The van der Waals surface area contributed by atoms with Gasteiger partial charge in [-0.15, -0.1) is 11.8 Å². The second-order valence-electron chi connectivity index (χ2n) is 3.19. The van der Waals surface area contributed by atoms with Gasteiger partial charge >= 0.3 is 0 Å². The minimum Gasteiger partial charge on any atom is -0.356 e. The number of hydrogen-bond donors (Lipinski definition) is 0. The summed E-state index contributed by atoms with van der Waals surface area (Å²) in [5, 5.41) is 0. The zero-order valence-electron chi connectivity index (χ0n) is 9.31. The normalized spacial score (nSPS) is 12.7. The lowest BCUT2D eigenvalue weighted by Gasteiger charge is -2.10. The first kappa shape index (κ1) is 12.6. The Bertz CT molecular complexity index is 251. The summed E-state index contributed by atoms with van der Waals surface area (Å²) in [5.41, 5.74) is 0. The Morgan fingerprint density at radius 1 is 1.27 bits per heavy atom. The van der Waals surface area contributed by atoms with Crippen LogP contribution in [0.1, 0.15) is 13.3 Å². The van der Waals surface area contributed by atoms with Crippen molar-refractivity contribution in [3.63, 3.8) is 0 Å². The molecule has 0 aromatic heterocycles. The summed E-state index contributed by atoms with van der Waals surface area (Å²) in [6.07, 6.45) is 0.958. The van der Waals surface area contributed by atoms with Crippen molar-refractivity contribution in [1.82, 2.24) is 0 Å². The van der Waals surface area contributed by atoms with Crippen molar-refractivity contribution in [2.24, 2.45) is 0 Å². The molecule has 84 valence electrons. The van der Waals surface area contributed by atoms with Gasteiger partial charge in [0.05, 0.1) is 6.61 Å². The number of benzene rings is 1. The molecule has 0 N–H and O–H groups in total. The monoisotopic (exact) mass is 226 g/mol. The van der Waals surface area contributed by atoms with Gasteiger partial charge in [0.25, 0.3) is 0 Å². The molecule has 1 rings (SSSR count). The van der Waals surface area contributed by atoms with Gasteiger partial charge in [-0.25, -0.2) is 0 Å². The summed E-state index contributed by atoms with van der Waals surface area (Å²) in [6, 6.07) is 10.4. The summed E-state index contributed by atoms with van der Waals surface area (Å²) in [5.74, 6) is 1.08. The molecule has 1 atom stereocenters. The van der Waals surface area contributed by atoms with Crippen molar-refractivity contribution in [3.05, 3.63) is 30.3 Å². The van der Waals surface area contributed by atoms with Crippen LogP contribution < -0.4 is 0 Å². The van der Waals surface area contributed by atoms with Crippen LogP contribution in [0.3, 0.4) is 0 Å². The fourth-order valence-corrected chi connectivity index (χ4v) is 1.93. The molecule has 2 nitrogen and oxygen atoms in total. The van der Waals surface area contributed by atoms with E-state index in [2.05, 4.69) is 24.3 Å². The Hall–Kier alpha value is -0.510. The first-order chi connectivity index (χ1) is 7.33. The number of methoxy groups -OCH3 is 1. The van der Waals surface area contributed by atoms with Gasteiger partial charge in [-0.3, -0.25) is 0 Å². The lowest BCUT2D eigenvalue weighted by Crippen LogP contribution is -2.11. The highest BCUT2D eigenvalue weighted by atomic mass is 32.2. The van der Waals surface area contributed by atoms with Crippen LogP contribution >= 0.6 is 11.8 Å². The Balaban J connectivity index is 2.03. The summed E-state index contributed by atoms with van der Waals surface area (Å²) < 4.78 is 10.4. The van der Waals surface area contributed by atoms with Crippen LogP contribution in [0.15, 0.2) is 35.2 Å². The van der Waals surface area contributed by atoms with Crippen LogP contribution in [-0.2, 0) is 9.47 Å². The fourth-order valence-electron chi connectivity index (χ4n) is 1.08. The smallest absolute Gasteiger partial charge is 0.154 e. The number of thioether (sulfide) groups is 1. The lowest BCUT2D eigenvalue weighted by molar-refractivity contribution is -0.110. The Kier molecular flexibility index (Phi) is 6.48. The van der Waals surface area contributed by atoms with Gasteiger partial charge in [0.1, 0.15) is 0 Å². The predicted octanol–water partition coefficient (Wildman–Crippen LogP) is 3.18. The van der Waals surface area contributed by atoms with E-state index in [9.17, 15) is 0 Å². The van der Waals surface area contributed by atoms with Gasteiger partial charge in [0, 0.05) is 17.8 Å². The maximum atomic E-state index is 5.39. The van der Waals surface area contributed by atoms with E-state index in [0.717, 1.165) is 18.8 Å². The first-order valence-electron chi connectivity index (χ1n) is 5.15. The van der Waals surface area contributed by atoms with Gasteiger partial charge < -0.3 is 9.47 Å². The number of hydrogen-bond acceptors (Lipinski definition) is 3. The molecule has 0 aliphatic rings. The average molecular weight is 226 g/mol. The topological polar surface area (TPSA) is 18.5 Å². The molecular weight excluding hydrogens is 208 g/mol. The van der Waals surface area contributed by atoms with Gasteiger partial charge in [-0.1, -0.05) is 18.2 Å². The molecular formula is C12H18O2S. The molecule has 3 heteroatoms. The second-order valence-corrected chi connectivity index (χ2v) is 4.36. The van der Waals surface area contributed by atoms with Crippen LogP contribution in [0, 0.1) is 0 Å². The molecule has 0 bridgehead atoms.